The highest BCUT2D eigenvalue weighted by molar-refractivity contribution is 7.98. The van der Waals surface area contributed by atoms with Crippen LogP contribution in [-0.2, 0) is 4.74 Å². The van der Waals surface area contributed by atoms with Crippen molar-refractivity contribution >= 4 is 58.2 Å². The van der Waals surface area contributed by atoms with Gasteiger partial charge in [-0.1, -0.05) is 11.6 Å². The van der Waals surface area contributed by atoms with Crippen molar-refractivity contribution in [2.45, 2.75) is 25.5 Å². The van der Waals surface area contributed by atoms with Crippen molar-refractivity contribution in [1.82, 2.24) is 24.9 Å². The second kappa shape index (κ2) is 12.0. The number of ether oxygens (including phenoxy) is 1. The van der Waals surface area contributed by atoms with Crippen molar-refractivity contribution < 1.29 is 14.6 Å². The van der Waals surface area contributed by atoms with Crippen molar-refractivity contribution in [3.8, 4) is 12.1 Å². The number of rotatable bonds is 9. The lowest BCUT2D eigenvalue weighted by Crippen LogP contribution is -2.55. The first-order chi connectivity index (χ1) is 18.4. The van der Waals surface area contributed by atoms with E-state index in [0.29, 0.717) is 65.4 Å². The van der Waals surface area contributed by atoms with Crippen LogP contribution in [0.2, 0.25) is 5.02 Å². The second-order valence-electron chi connectivity index (χ2n) is 8.30. The topological polar surface area (TPSA) is 177 Å². The first-order valence-electron chi connectivity index (χ1n) is 11.6. The number of fused-ring (bicyclic) bond motifs is 1. The smallest absolute Gasteiger partial charge is 0.404 e. The van der Waals surface area contributed by atoms with Crippen LogP contribution in [0.1, 0.15) is 24.6 Å². The molecule has 1 fully saturated rings. The zero-order chi connectivity index (χ0) is 27.2. The number of benzene rings is 1. The minimum atomic E-state index is -1.11. The zero-order valence-corrected chi connectivity index (χ0v) is 22.2. The number of carboxylic acid groups (broad SMARTS) is 1. The predicted octanol–water partition coefficient (Wildman–Crippen LogP) is 3.25. The maximum atomic E-state index is 11.3. The van der Waals surface area contributed by atoms with Crippen molar-refractivity contribution in [3.63, 3.8) is 0 Å². The van der Waals surface area contributed by atoms with E-state index in [9.17, 15) is 20.4 Å². The van der Waals surface area contributed by atoms with E-state index in [0.717, 1.165) is 0 Å². The number of carbonyl (C=O) groups is 1. The lowest BCUT2D eigenvalue weighted by molar-refractivity contribution is 0.0502. The van der Waals surface area contributed by atoms with Gasteiger partial charge in [-0.15, -0.1) is 16.9 Å². The lowest BCUT2D eigenvalue weighted by atomic mass is 10.0. The molecule has 0 aliphatic carbocycles. The molecule has 4 rings (SSSR count). The standard InChI is InChI=1S/C23H25ClN10O3S/c1-3-27-20-21-28-10-14(9-26)34(21)32-22(31-20)29-16-6-13(8-25)7-17(19(16)24)33-5-4-15(30-23(35)36)18(11-33)37-12-38-2/h6-7,10,15,18,30H,3-5,11-12H2,1-2H3,(H,35,36)(H2,27,29,31,32)/t15-,18+/m1/s1. The molecule has 1 amide bonds. The summed E-state index contributed by atoms with van der Waals surface area (Å²) in [5, 5.41) is 41.8. The number of hydrogen-bond donors (Lipinski definition) is 4. The number of imidazole rings is 1. The molecule has 1 aliphatic heterocycles. The van der Waals surface area contributed by atoms with E-state index in [1.807, 2.05) is 24.1 Å². The largest absolute Gasteiger partial charge is 0.465 e. The van der Waals surface area contributed by atoms with E-state index in [4.69, 9.17) is 16.3 Å². The molecule has 38 heavy (non-hydrogen) atoms. The van der Waals surface area contributed by atoms with Gasteiger partial charge in [0.15, 0.2) is 17.2 Å². The number of thioether (sulfide) groups is 1. The van der Waals surface area contributed by atoms with Gasteiger partial charge in [0, 0.05) is 19.6 Å². The van der Waals surface area contributed by atoms with Gasteiger partial charge in [-0.05, 0) is 31.7 Å². The van der Waals surface area contributed by atoms with Crippen LogP contribution in [0, 0.1) is 22.7 Å². The molecule has 0 bridgehead atoms. The average Bonchev–Trinajstić information content (AvgIpc) is 3.32. The molecule has 15 heteroatoms. The Morgan fingerprint density at radius 2 is 2.18 bits per heavy atom. The van der Waals surface area contributed by atoms with Crippen molar-refractivity contribution in [2.75, 3.05) is 47.4 Å². The Morgan fingerprint density at radius 1 is 1.37 bits per heavy atom. The first-order valence-corrected chi connectivity index (χ1v) is 13.4. The molecule has 2 aromatic heterocycles. The Kier molecular flexibility index (Phi) is 8.58. The quantitative estimate of drug-likeness (QED) is 0.283. The Morgan fingerprint density at radius 3 is 2.87 bits per heavy atom. The number of piperidine rings is 1. The SMILES string of the molecule is CCNc1nc(Nc2cc(C#N)cc(N3CC[C@@H](NC(=O)O)[C@@H](OCSC)C3)c2Cl)nn2c(C#N)cnc12. The molecule has 1 aliphatic rings. The van der Waals surface area contributed by atoms with Crippen molar-refractivity contribution in [2.24, 2.45) is 0 Å². The van der Waals surface area contributed by atoms with E-state index in [2.05, 4.69) is 37.1 Å². The van der Waals surface area contributed by atoms with Crippen LogP contribution < -0.4 is 20.9 Å². The number of halogens is 1. The summed E-state index contributed by atoms with van der Waals surface area (Å²) in [6.45, 7) is 3.34. The van der Waals surface area contributed by atoms with Gasteiger partial charge < -0.3 is 30.7 Å². The van der Waals surface area contributed by atoms with Crippen LogP contribution in [0.3, 0.4) is 0 Å². The molecular weight excluding hydrogens is 532 g/mol. The van der Waals surface area contributed by atoms with Crippen LogP contribution >= 0.6 is 23.4 Å². The van der Waals surface area contributed by atoms with E-state index in [-0.39, 0.29) is 17.7 Å². The fraction of sp³-hybridized carbons (Fsp3) is 0.391. The molecule has 198 valence electrons. The van der Waals surface area contributed by atoms with Crippen LogP contribution in [0.5, 0.6) is 0 Å². The van der Waals surface area contributed by atoms with Gasteiger partial charge in [-0.3, -0.25) is 0 Å². The van der Waals surface area contributed by atoms with E-state index in [1.165, 1.54) is 22.5 Å². The molecule has 0 saturated carbocycles. The number of nitrogens with zero attached hydrogens (tertiary/aromatic N) is 7. The molecular formula is C23H25ClN10O3S. The van der Waals surface area contributed by atoms with Gasteiger partial charge in [-0.25, -0.2) is 9.78 Å². The Hall–Kier alpha value is -3.98. The third kappa shape index (κ3) is 5.78. The first kappa shape index (κ1) is 27.1. The van der Waals surface area contributed by atoms with Crippen LogP contribution in [0.4, 0.5) is 27.9 Å². The number of aromatic nitrogens is 4. The minimum Gasteiger partial charge on any atom is -0.465 e. The Balaban J connectivity index is 1.68. The predicted molar refractivity (Wildman–Crippen MR) is 144 cm³/mol. The number of nitriles is 2. The summed E-state index contributed by atoms with van der Waals surface area (Å²) in [5.74, 6) is 0.986. The fourth-order valence-electron chi connectivity index (χ4n) is 4.20. The molecule has 0 unspecified atom stereocenters. The van der Waals surface area contributed by atoms with Gasteiger partial charge >= 0.3 is 6.09 Å². The highest BCUT2D eigenvalue weighted by Crippen LogP contribution is 2.37. The summed E-state index contributed by atoms with van der Waals surface area (Å²) in [7, 11) is 0. The van der Waals surface area contributed by atoms with Gasteiger partial charge in [0.2, 0.25) is 5.95 Å². The molecule has 3 heterocycles. The lowest BCUT2D eigenvalue weighted by Gasteiger charge is -2.39. The van der Waals surface area contributed by atoms with Crippen LogP contribution in [-0.4, -0.2) is 74.8 Å². The molecule has 1 saturated heterocycles. The molecule has 4 N–H and O–H groups in total. The Labute approximate surface area is 227 Å². The molecule has 1 aromatic carbocycles. The monoisotopic (exact) mass is 556 g/mol. The van der Waals surface area contributed by atoms with Crippen molar-refractivity contribution in [1.29, 1.82) is 10.5 Å². The second-order valence-corrected chi connectivity index (χ2v) is 9.49. The number of hydrogen-bond acceptors (Lipinski definition) is 11. The highest BCUT2D eigenvalue weighted by atomic mass is 35.5. The van der Waals surface area contributed by atoms with E-state index < -0.39 is 12.2 Å². The molecule has 13 nitrogen and oxygen atoms in total. The van der Waals surface area contributed by atoms with E-state index >= 15 is 0 Å². The zero-order valence-electron chi connectivity index (χ0n) is 20.6. The maximum Gasteiger partial charge on any atom is 0.404 e. The van der Waals surface area contributed by atoms with Gasteiger partial charge in [0.1, 0.15) is 6.07 Å². The molecule has 0 radical (unpaired) electrons. The van der Waals surface area contributed by atoms with Crippen molar-refractivity contribution in [3.05, 3.63) is 34.6 Å². The molecule has 3 aromatic rings. The summed E-state index contributed by atoms with van der Waals surface area (Å²) in [5.41, 5.74) is 1.98. The van der Waals surface area contributed by atoms with Gasteiger partial charge in [0.25, 0.3) is 0 Å². The third-order valence-corrected chi connectivity index (χ3v) is 6.63. The maximum absolute atomic E-state index is 11.3. The summed E-state index contributed by atoms with van der Waals surface area (Å²) in [6, 6.07) is 7.10. The number of nitrogens with one attached hydrogen (secondary N) is 3. The summed E-state index contributed by atoms with van der Waals surface area (Å²) >= 11 is 8.33. The third-order valence-electron chi connectivity index (χ3n) is 5.86. The summed E-state index contributed by atoms with van der Waals surface area (Å²) in [4.78, 5) is 22.0. The summed E-state index contributed by atoms with van der Waals surface area (Å²) < 4.78 is 7.30. The summed E-state index contributed by atoms with van der Waals surface area (Å²) in [6.07, 6.45) is 2.28. The number of amides is 1. The highest BCUT2D eigenvalue weighted by Gasteiger charge is 2.32. The normalized spacial score (nSPS) is 17.0. The molecule has 2 atom stereocenters. The fourth-order valence-corrected chi connectivity index (χ4v) is 4.78. The van der Waals surface area contributed by atoms with Gasteiger partial charge in [0.05, 0.1) is 52.3 Å². The minimum absolute atomic E-state index is 0.149. The molecule has 0 spiro atoms. The van der Waals surface area contributed by atoms with Gasteiger partial charge in [-0.2, -0.15) is 20.0 Å². The average molecular weight is 557 g/mol. The van der Waals surface area contributed by atoms with E-state index in [1.54, 1.807) is 12.1 Å². The van der Waals surface area contributed by atoms with Crippen LogP contribution in [0.25, 0.3) is 5.65 Å². The Bertz CT molecular complexity index is 1420. The number of anilines is 4. The van der Waals surface area contributed by atoms with Crippen LogP contribution in [0.15, 0.2) is 18.3 Å².